The highest BCUT2D eigenvalue weighted by Crippen LogP contribution is 2.16. The second kappa shape index (κ2) is 5.89. The van der Waals surface area contributed by atoms with Gasteiger partial charge in [0.2, 0.25) is 0 Å². The molecule has 0 unspecified atom stereocenters. The van der Waals surface area contributed by atoms with Gasteiger partial charge in [-0.3, -0.25) is 25.1 Å². The van der Waals surface area contributed by atoms with Crippen LogP contribution in [-0.4, -0.2) is 15.4 Å². The molecule has 9 nitrogen and oxygen atoms in total. The van der Waals surface area contributed by atoms with Gasteiger partial charge >= 0.3 is 5.91 Å². The smallest absolute Gasteiger partial charge is 0.300 e. The summed E-state index contributed by atoms with van der Waals surface area (Å²) in [5.41, 5.74) is 1.21. The van der Waals surface area contributed by atoms with Crippen LogP contribution in [0.5, 0.6) is 0 Å². The molecule has 110 valence electrons. The highest BCUT2D eigenvalue weighted by molar-refractivity contribution is 9.10. The summed E-state index contributed by atoms with van der Waals surface area (Å²) in [4.78, 5) is 33.3. The van der Waals surface area contributed by atoms with E-state index in [9.17, 15) is 19.7 Å². The van der Waals surface area contributed by atoms with Crippen molar-refractivity contribution in [3.8, 4) is 0 Å². The Hall–Kier alpha value is -2.46. The van der Waals surface area contributed by atoms with Crippen molar-refractivity contribution in [1.29, 1.82) is 0 Å². The van der Waals surface area contributed by atoms with E-state index in [-0.39, 0.29) is 28.2 Å². The van der Waals surface area contributed by atoms with E-state index in [1.54, 1.807) is 0 Å². The van der Waals surface area contributed by atoms with Crippen LogP contribution in [0.15, 0.2) is 38.1 Å². The number of nitrogens with two attached hydrogens (primary N) is 1. The van der Waals surface area contributed by atoms with Crippen LogP contribution < -0.4 is 16.8 Å². The third-order valence-corrected chi connectivity index (χ3v) is 3.15. The standard InChI is InChI=1S/C11H9BrN4O5/c12-8-3-6(16(19)20)4-15(11(8)18)5-7-1-2-9(21-7)10(17)14-13/h1-4H,5,13H2,(H,14,17). The molecule has 2 aromatic rings. The number of furan rings is 1. The number of aromatic nitrogens is 1. The topological polar surface area (TPSA) is 133 Å². The fraction of sp³-hybridized carbons (Fsp3) is 0.0909. The minimum absolute atomic E-state index is 0.0231. The van der Waals surface area contributed by atoms with Gasteiger partial charge in [-0.1, -0.05) is 0 Å². The normalized spacial score (nSPS) is 10.4. The van der Waals surface area contributed by atoms with E-state index in [0.717, 1.165) is 16.8 Å². The molecule has 0 aliphatic carbocycles. The van der Waals surface area contributed by atoms with E-state index in [4.69, 9.17) is 10.3 Å². The van der Waals surface area contributed by atoms with Crippen molar-refractivity contribution < 1.29 is 14.1 Å². The first-order chi connectivity index (χ1) is 9.92. The second-order valence-electron chi connectivity index (χ2n) is 3.98. The Morgan fingerprint density at radius 3 is 2.86 bits per heavy atom. The molecule has 3 N–H and O–H groups in total. The third-order valence-electron chi connectivity index (χ3n) is 2.58. The van der Waals surface area contributed by atoms with Crippen molar-refractivity contribution in [1.82, 2.24) is 9.99 Å². The molecule has 0 radical (unpaired) electrons. The van der Waals surface area contributed by atoms with Gasteiger partial charge in [0.25, 0.3) is 11.2 Å². The average Bonchev–Trinajstić information content (AvgIpc) is 2.91. The largest absolute Gasteiger partial charge is 0.454 e. The SMILES string of the molecule is NNC(=O)c1ccc(Cn2cc([N+](=O)[O-])cc(Br)c2=O)o1. The summed E-state index contributed by atoms with van der Waals surface area (Å²) in [5, 5.41) is 10.8. The Morgan fingerprint density at radius 2 is 2.24 bits per heavy atom. The molecule has 1 amide bonds. The molecule has 2 rings (SSSR count). The maximum absolute atomic E-state index is 11.9. The third kappa shape index (κ3) is 3.17. The quantitative estimate of drug-likeness (QED) is 0.359. The zero-order valence-electron chi connectivity index (χ0n) is 10.4. The number of nitrogen functional groups attached to an aromatic ring is 1. The van der Waals surface area contributed by atoms with E-state index >= 15 is 0 Å². The predicted octanol–water partition coefficient (Wildman–Crippen LogP) is 0.764. The minimum Gasteiger partial charge on any atom is -0.454 e. The van der Waals surface area contributed by atoms with Crippen molar-refractivity contribution >= 4 is 27.5 Å². The molecule has 0 atom stereocenters. The molecule has 0 aromatic carbocycles. The number of nitrogens with one attached hydrogen (secondary N) is 1. The Bertz CT molecular complexity index is 766. The average molecular weight is 357 g/mol. The van der Waals surface area contributed by atoms with Gasteiger partial charge in [0.05, 0.1) is 22.1 Å². The lowest BCUT2D eigenvalue weighted by Crippen LogP contribution is -2.29. The number of hydrogen-bond donors (Lipinski definition) is 2. The van der Waals surface area contributed by atoms with Crippen molar-refractivity contribution in [3.05, 3.63) is 60.9 Å². The van der Waals surface area contributed by atoms with Gasteiger partial charge in [-0.15, -0.1) is 0 Å². The highest BCUT2D eigenvalue weighted by atomic mass is 79.9. The predicted molar refractivity (Wildman–Crippen MR) is 74.5 cm³/mol. The summed E-state index contributed by atoms with van der Waals surface area (Å²) < 4.78 is 6.36. The van der Waals surface area contributed by atoms with Crippen molar-refractivity contribution in [2.45, 2.75) is 6.54 Å². The van der Waals surface area contributed by atoms with Crippen LogP contribution in [0.3, 0.4) is 0 Å². The number of hydrogen-bond acceptors (Lipinski definition) is 6. The van der Waals surface area contributed by atoms with E-state index in [0.29, 0.717) is 0 Å². The lowest BCUT2D eigenvalue weighted by Gasteiger charge is -2.04. The maximum atomic E-state index is 11.9. The van der Waals surface area contributed by atoms with Crippen LogP contribution in [0.4, 0.5) is 5.69 Å². The lowest BCUT2D eigenvalue weighted by molar-refractivity contribution is -0.385. The van der Waals surface area contributed by atoms with Gasteiger partial charge in [-0.2, -0.15) is 0 Å². The van der Waals surface area contributed by atoms with Crippen LogP contribution in [-0.2, 0) is 6.54 Å². The molecule has 0 saturated heterocycles. The molecule has 0 aliphatic heterocycles. The zero-order chi connectivity index (χ0) is 15.6. The van der Waals surface area contributed by atoms with Crippen molar-refractivity contribution in [2.75, 3.05) is 0 Å². The van der Waals surface area contributed by atoms with Gasteiger partial charge in [0, 0.05) is 6.07 Å². The number of halogens is 1. The molecule has 0 fully saturated rings. The van der Waals surface area contributed by atoms with Crippen LogP contribution in [0.1, 0.15) is 16.3 Å². The second-order valence-corrected chi connectivity index (χ2v) is 4.83. The van der Waals surface area contributed by atoms with Gasteiger partial charge in [-0.05, 0) is 28.1 Å². The first kappa shape index (κ1) is 14.9. The minimum atomic E-state index is -0.617. The van der Waals surface area contributed by atoms with Crippen molar-refractivity contribution in [3.63, 3.8) is 0 Å². The number of carbonyl (C=O) groups is 1. The van der Waals surface area contributed by atoms with Gasteiger partial charge in [0.1, 0.15) is 5.76 Å². The van der Waals surface area contributed by atoms with Crippen LogP contribution in [0.2, 0.25) is 0 Å². The summed E-state index contributed by atoms with van der Waals surface area (Å²) in [6, 6.07) is 3.98. The van der Waals surface area contributed by atoms with Crippen LogP contribution in [0, 0.1) is 10.1 Å². The highest BCUT2D eigenvalue weighted by Gasteiger charge is 2.15. The Morgan fingerprint density at radius 1 is 1.52 bits per heavy atom. The van der Waals surface area contributed by atoms with Crippen LogP contribution in [0.25, 0.3) is 0 Å². The summed E-state index contributed by atoms with van der Waals surface area (Å²) in [5.74, 6) is 4.61. The van der Waals surface area contributed by atoms with E-state index < -0.39 is 16.4 Å². The van der Waals surface area contributed by atoms with E-state index in [2.05, 4.69) is 15.9 Å². The molecule has 0 spiro atoms. The monoisotopic (exact) mass is 356 g/mol. The number of hydrazine groups is 1. The molecule has 10 heteroatoms. The lowest BCUT2D eigenvalue weighted by atomic mass is 10.3. The number of amides is 1. The zero-order valence-corrected chi connectivity index (χ0v) is 12.0. The molecule has 0 saturated carbocycles. The maximum Gasteiger partial charge on any atom is 0.300 e. The molecule has 0 bridgehead atoms. The number of carbonyl (C=O) groups excluding carboxylic acids is 1. The fourth-order valence-electron chi connectivity index (χ4n) is 1.63. The van der Waals surface area contributed by atoms with Crippen LogP contribution >= 0.6 is 15.9 Å². The number of pyridine rings is 1. The van der Waals surface area contributed by atoms with Gasteiger partial charge in [-0.25, -0.2) is 5.84 Å². The first-order valence-corrected chi connectivity index (χ1v) is 6.35. The Balaban J connectivity index is 2.35. The van der Waals surface area contributed by atoms with E-state index in [1.165, 1.54) is 12.1 Å². The Kier molecular flexibility index (Phi) is 4.19. The number of nitro groups is 1. The number of nitrogens with zero attached hydrogens (tertiary/aromatic N) is 2. The molecule has 2 heterocycles. The van der Waals surface area contributed by atoms with Gasteiger partial charge in [0.15, 0.2) is 5.76 Å². The first-order valence-electron chi connectivity index (χ1n) is 5.56. The fourth-order valence-corrected chi connectivity index (χ4v) is 2.09. The molecule has 21 heavy (non-hydrogen) atoms. The number of rotatable bonds is 4. The van der Waals surface area contributed by atoms with Gasteiger partial charge < -0.3 is 8.98 Å². The Labute approximate surface area is 125 Å². The summed E-state index contributed by atoms with van der Waals surface area (Å²) in [6.45, 7) is -0.0586. The van der Waals surface area contributed by atoms with Crippen molar-refractivity contribution in [2.24, 2.45) is 5.84 Å². The van der Waals surface area contributed by atoms with E-state index in [1.807, 2.05) is 5.43 Å². The molecule has 0 aliphatic rings. The summed E-state index contributed by atoms with van der Waals surface area (Å²) in [6.07, 6.45) is 1.10. The molecule has 2 aromatic heterocycles. The molecular formula is C11H9BrN4O5. The summed E-state index contributed by atoms with van der Waals surface area (Å²) >= 11 is 2.97. The molecular weight excluding hydrogens is 348 g/mol. The summed E-state index contributed by atoms with van der Waals surface area (Å²) in [7, 11) is 0.